The van der Waals surface area contributed by atoms with E-state index in [4.69, 9.17) is 14.2 Å². The minimum Gasteiger partial charge on any atom is -0.364 e. The summed E-state index contributed by atoms with van der Waals surface area (Å²) in [5.74, 6) is 0.398. The number of Topliss-reactive ketones (excluding diaryl/α,β-unsaturated/α-hetero) is 1. The Balaban J connectivity index is 1.44. The molecule has 0 aromatic carbocycles. The standard InChI is InChI=1S/C27H36O5/c1-6-25(7-2)30-15-21(29)26(32-25)16(3)12-20-19-9-8-17-13-18(28)10-11-23(17,4)27(19)22(31-27)14-24(20,26)5/h10-11,13,16,19-20,22H,6-9,12,14-15H2,1-5H3/t16-,19-,20-,22-,23-,24-,26-,27+/m0/s1. The number of ketones is 2. The second-order valence-corrected chi connectivity index (χ2v) is 11.7. The molecule has 0 radical (unpaired) electrons. The van der Waals surface area contributed by atoms with E-state index in [0.717, 1.165) is 38.5 Å². The van der Waals surface area contributed by atoms with Crippen molar-refractivity contribution in [2.75, 3.05) is 6.61 Å². The SMILES string of the molecule is CCC1(CC)OCC(=O)[C@@]2(O1)[C@@H](C)C[C@H]1[C@@H]3CCC4=CC(=O)C=C[C@]4(C)[C@@]34O[C@H]4C[C@@]12C. The first-order valence-corrected chi connectivity index (χ1v) is 12.6. The van der Waals surface area contributed by atoms with Crippen LogP contribution >= 0.6 is 0 Å². The van der Waals surface area contributed by atoms with E-state index in [-0.39, 0.29) is 46.6 Å². The van der Waals surface area contributed by atoms with Crippen LogP contribution in [0.3, 0.4) is 0 Å². The Morgan fingerprint density at radius 2 is 1.88 bits per heavy atom. The molecule has 5 fully saturated rings. The molecule has 0 aromatic heterocycles. The number of hydrogen-bond donors (Lipinski definition) is 0. The predicted octanol–water partition coefficient (Wildman–Crippen LogP) is 4.54. The van der Waals surface area contributed by atoms with Crippen LogP contribution in [0.25, 0.3) is 0 Å². The Hall–Kier alpha value is -1.30. The number of epoxide rings is 1. The molecule has 6 aliphatic rings. The fraction of sp³-hybridized carbons (Fsp3) is 0.778. The smallest absolute Gasteiger partial charge is 0.191 e. The number of allylic oxidation sites excluding steroid dienone is 2. The number of fused-ring (bicyclic) bond motifs is 4. The lowest BCUT2D eigenvalue weighted by atomic mass is 9.46. The molecule has 174 valence electrons. The molecule has 4 aliphatic carbocycles. The number of carbonyl (C=O) groups is 2. The molecule has 0 amide bonds. The van der Waals surface area contributed by atoms with Crippen LogP contribution in [0.1, 0.15) is 73.1 Å². The lowest BCUT2D eigenvalue weighted by Crippen LogP contribution is -2.68. The van der Waals surface area contributed by atoms with Crippen molar-refractivity contribution < 1.29 is 23.8 Å². The summed E-state index contributed by atoms with van der Waals surface area (Å²) in [5.41, 5.74) is -0.335. The van der Waals surface area contributed by atoms with E-state index >= 15 is 0 Å². The van der Waals surface area contributed by atoms with Crippen LogP contribution in [0, 0.1) is 28.6 Å². The highest BCUT2D eigenvalue weighted by Gasteiger charge is 2.83. The largest absolute Gasteiger partial charge is 0.364 e. The third-order valence-electron chi connectivity index (χ3n) is 10.8. The summed E-state index contributed by atoms with van der Waals surface area (Å²) in [7, 11) is 0. The second kappa shape index (κ2) is 6.22. The zero-order valence-corrected chi connectivity index (χ0v) is 20.0. The van der Waals surface area contributed by atoms with Crippen molar-refractivity contribution in [2.45, 2.75) is 96.2 Å². The van der Waals surface area contributed by atoms with Gasteiger partial charge in [-0.3, -0.25) is 9.59 Å². The van der Waals surface area contributed by atoms with Gasteiger partial charge >= 0.3 is 0 Å². The lowest BCUT2D eigenvalue weighted by Gasteiger charge is -2.58. The predicted molar refractivity (Wildman–Crippen MR) is 119 cm³/mol. The molecule has 5 nitrogen and oxygen atoms in total. The van der Waals surface area contributed by atoms with E-state index < -0.39 is 11.4 Å². The van der Waals surface area contributed by atoms with Crippen molar-refractivity contribution in [3.63, 3.8) is 0 Å². The quantitative estimate of drug-likeness (QED) is 0.590. The molecule has 8 atom stereocenters. The summed E-state index contributed by atoms with van der Waals surface area (Å²) < 4.78 is 19.6. The maximum absolute atomic E-state index is 13.7. The van der Waals surface area contributed by atoms with E-state index in [1.807, 2.05) is 6.08 Å². The molecular formula is C27H36O5. The molecule has 3 saturated carbocycles. The Labute approximate surface area is 190 Å². The second-order valence-electron chi connectivity index (χ2n) is 11.7. The molecule has 0 unspecified atom stereocenters. The van der Waals surface area contributed by atoms with Crippen LogP contribution in [0.2, 0.25) is 0 Å². The van der Waals surface area contributed by atoms with Gasteiger partial charge in [0, 0.05) is 10.8 Å². The van der Waals surface area contributed by atoms with Crippen LogP contribution in [0.4, 0.5) is 0 Å². The third-order valence-corrected chi connectivity index (χ3v) is 10.8. The normalized spacial score (nSPS) is 52.7. The molecular weight excluding hydrogens is 404 g/mol. The van der Waals surface area contributed by atoms with Crippen molar-refractivity contribution in [1.29, 1.82) is 0 Å². The molecule has 32 heavy (non-hydrogen) atoms. The molecule has 2 spiro atoms. The zero-order chi connectivity index (χ0) is 22.7. The minimum absolute atomic E-state index is 0.0929. The fourth-order valence-corrected chi connectivity index (χ4v) is 9.06. The molecule has 2 saturated heterocycles. The Kier molecular flexibility index (Phi) is 4.13. The summed E-state index contributed by atoms with van der Waals surface area (Å²) in [6.07, 6.45) is 11.0. The highest BCUT2D eigenvalue weighted by Crippen LogP contribution is 2.77. The molecule has 0 N–H and O–H groups in total. The Bertz CT molecular complexity index is 961. The van der Waals surface area contributed by atoms with Gasteiger partial charge in [-0.1, -0.05) is 39.3 Å². The number of ether oxygens (including phenoxy) is 3. The first kappa shape index (κ1) is 21.2. The van der Waals surface area contributed by atoms with E-state index in [1.54, 1.807) is 6.08 Å². The first-order valence-electron chi connectivity index (χ1n) is 12.6. The summed E-state index contributed by atoms with van der Waals surface area (Å²) in [6, 6.07) is 0. The molecule has 0 bridgehead atoms. The Morgan fingerprint density at radius 3 is 2.59 bits per heavy atom. The first-order chi connectivity index (χ1) is 15.1. The van der Waals surface area contributed by atoms with Crippen molar-refractivity contribution in [2.24, 2.45) is 28.6 Å². The summed E-state index contributed by atoms with van der Waals surface area (Å²) in [6.45, 7) is 11.1. The number of carbonyl (C=O) groups excluding carboxylic acids is 2. The molecule has 5 heteroatoms. The van der Waals surface area contributed by atoms with Crippen LogP contribution < -0.4 is 0 Å². The van der Waals surface area contributed by atoms with Crippen molar-refractivity contribution in [1.82, 2.24) is 0 Å². The highest BCUT2D eigenvalue weighted by molar-refractivity contribution is 6.01. The van der Waals surface area contributed by atoms with E-state index in [1.165, 1.54) is 5.57 Å². The summed E-state index contributed by atoms with van der Waals surface area (Å²) >= 11 is 0. The van der Waals surface area contributed by atoms with Gasteiger partial charge in [0.25, 0.3) is 0 Å². The van der Waals surface area contributed by atoms with Crippen molar-refractivity contribution in [3.05, 3.63) is 23.8 Å². The van der Waals surface area contributed by atoms with Crippen molar-refractivity contribution >= 4 is 11.6 Å². The van der Waals surface area contributed by atoms with Crippen molar-refractivity contribution in [3.8, 4) is 0 Å². The number of hydrogen-bond acceptors (Lipinski definition) is 5. The van der Waals surface area contributed by atoms with Gasteiger partial charge in [0.2, 0.25) is 0 Å². The van der Waals surface area contributed by atoms with Gasteiger partial charge in [-0.25, -0.2) is 0 Å². The average Bonchev–Trinajstić information content (AvgIpc) is 3.45. The maximum atomic E-state index is 13.7. The van der Waals surface area contributed by atoms with Gasteiger partial charge in [0.15, 0.2) is 17.4 Å². The van der Waals surface area contributed by atoms with Gasteiger partial charge in [0.05, 0.1) is 6.10 Å². The monoisotopic (exact) mass is 440 g/mol. The van der Waals surface area contributed by atoms with Gasteiger partial charge < -0.3 is 14.2 Å². The maximum Gasteiger partial charge on any atom is 0.191 e. The van der Waals surface area contributed by atoms with Gasteiger partial charge in [-0.2, -0.15) is 0 Å². The van der Waals surface area contributed by atoms with E-state index in [9.17, 15) is 9.59 Å². The van der Waals surface area contributed by atoms with E-state index in [0.29, 0.717) is 11.8 Å². The van der Waals surface area contributed by atoms with E-state index in [2.05, 4.69) is 40.7 Å². The topological polar surface area (TPSA) is 65.1 Å². The third kappa shape index (κ3) is 2.13. The van der Waals surface area contributed by atoms with Crippen LogP contribution in [-0.4, -0.2) is 41.3 Å². The average molecular weight is 441 g/mol. The zero-order valence-electron chi connectivity index (χ0n) is 20.0. The lowest BCUT2D eigenvalue weighted by molar-refractivity contribution is -0.335. The summed E-state index contributed by atoms with van der Waals surface area (Å²) in [5, 5.41) is 0. The van der Waals surface area contributed by atoms with Gasteiger partial charge in [-0.05, 0) is 75.4 Å². The number of rotatable bonds is 2. The molecule has 2 aliphatic heterocycles. The van der Waals surface area contributed by atoms with Crippen LogP contribution in [0.15, 0.2) is 23.8 Å². The fourth-order valence-electron chi connectivity index (χ4n) is 9.06. The minimum atomic E-state index is -0.810. The van der Waals surface area contributed by atoms with Crippen LogP contribution in [-0.2, 0) is 23.8 Å². The van der Waals surface area contributed by atoms with Gasteiger partial charge in [-0.15, -0.1) is 0 Å². The summed E-state index contributed by atoms with van der Waals surface area (Å²) in [4.78, 5) is 25.8. The van der Waals surface area contributed by atoms with Gasteiger partial charge in [0.1, 0.15) is 17.8 Å². The molecule has 2 heterocycles. The molecule has 0 aromatic rings. The highest BCUT2D eigenvalue weighted by atomic mass is 16.7. The Morgan fingerprint density at radius 1 is 1.12 bits per heavy atom. The molecule has 6 rings (SSSR count). The van der Waals surface area contributed by atoms with Crippen LogP contribution in [0.5, 0.6) is 0 Å².